The molecule has 1 fully saturated rings. The summed E-state index contributed by atoms with van der Waals surface area (Å²) in [5, 5.41) is 22.0. The monoisotopic (exact) mass is 509 g/mol. The summed E-state index contributed by atoms with van der Waals surface area (Å²) < 4.78 is 11.3. The van der Waals surface area contributed by atoms with Crippen molar-refractivity contribution in [3.63, 3.8) is 0 Å². The third-order valence-electron chi connectivity index (χ3n) is 5.82. The summed E-state index contributed by atoms with van der Waals surface area (Å²) in [6, 6.07) is 9.67. The Morgan fingerprint density at radius 1 is 1.17 bits per heavy atom. The number of nitriles is 1. The summed E-state index contributed by atoms with van der Waals surface area (Å²) >= 11 is 12.4. The first-order valence-corrected chi connectivity index (χ1v) is 11.7. The molecule has 0 spiro atoms. The van der Waals surface area contributed by atoms with E-state index in [1.54, 1.807) is 18.3 Å². The van der Waals surface area contributed by atoms with Crippen LogP contribution in [-0.4, -0.2) is 39.4 Å². The highest BCUT2D eigenvalue weighted by molar-refractivity contribution is 6.35. The molecular weight excluding hydrogens is 489 g/mol. The third kappa shape index (κ3) is 4.88. The van der Waals surface area contributed by atoms with Gasteiger partial charge in [0, 0.05) is 54.4 Å². The number of fused-ring (bicyclic) bond motifs is 1. The molecule has 1 saturated heterocycles. The minimum absolute atomic E-state index is 0.228. The molecule has 4 aromatic rings. The number of nitrogens with one attached hydrogen (secondary N) is 2. The number of benzene rings is 1. The maximum Gasteiger partial charge on any atom is 0.177 e. The Morgan fingerprint density at radius 2 is 1.94 bits per heavy atom. The van der Waals surface area contributed by atoms with E-state index in [1.807, 2.05) is 12.1 Å². The van der Waals surface area contributed by atoms with Gasteiger partial charge < -0.3 is 14.8 Å². The van der Waals surface area contributed by atoms with Crippen LogP contribution in [0.4, 0.5) is 5.82 Å². The van der Waals surface area contributed by atoms with Crippen molar-refractivity contribution in [3.05, 3.63) is 64.0 Å². The fourth-order valence-electron chi connectivity index (χ4n) is 4.01. The van der Waals surface area contributed by atoms with Crippen molar-refractivity contribution in [3.8, 4) is 23.1 Å². The van der Waals surface area contributed by atoms with Gasteiger partial charge in [0.2, 0.25) is 0 Å². The molecule has 5 rings (SSSR count). The number of hydrogen-bond donors (Lipinski definition) is 3. The predicted octanol–water partition coefficient (Wildman–Crippen LogP) is 4.83. The molecule has 4 N–H and O–H groups in total. The van der Waals surface area contributed by atoms with E-state index < -0.39 is 6.23 Å². The molecule has 0 bridgehead atoms. The van der Waals surface area contributed by atoms with Crippen LogP contribution in [0.1, 0.15) is 30.2 Å². The van der Waals surface area contributed by atoms with E-state index in [-0.39, 0.29) is 6.04 Å². The van der Waals surface area contributed by atoms with Crippen LogP contribution in [0.15, 0.2) is 42.9 Å². The second-order valence-electron chi connectivity index (χ2n) is 8.10. The van der Waals surface area contributed by atoms with Gasteiger partial charge in [0.1, 0.15) is 23.3 Å². The van der Waals surface area contributed by atoms with E-state index in [9.17, 15) is 5.26 Å². The molecule has 0 amide bonds. The highest BCUT2D eigenvalue weighted by Crippen LogP contribution is 2.34. The number of pyridine rings is 2. The number of aromatic amines is 1. The molecule has 1 aliphatic heterocycles. The zero-order valence-corrected chi connectivity index (χ0v) is 20.0. The molecule has 0 radical (unpaired) electrons. The number of H-pyrrole nitrogens is 1. The van der Waals surface area contributed by atoms with Crippen LogP contribution in [0.2, 0.25) is 10.0 Å². The van der Waals surface area contributed by atoms with Gasteiger partial charge in [0.15, 0.2) is 6.23 Å². The van der Waals surface area contributed by atoms with Gasteiger partial charge in [-0.3, -0.25) is 15.8 Å². The maximum absolute atomic E-state index is 9.74. The van der Waals surface area contributed by atoms with E-state index in [0.717, 1.165) is 23.7 Å². The van der Waals surface area contributed by atoms with Gasteiger partial charge in [-0.25, -0.2) is 4.98 Å². The lowest BCUT2D eigenvalue weighted by atomic mass is 10.1. The molecule has 1 aliphatic rings. The number of rotatable bonds is 6. The number of halogens is 2. The second kappa shape index (κ2) is 10.1. The summed E-state index contributed by atoms with van der Waals surface area (Å²) in [5.74, 6) is 1.06. The van der Waals surface area contributed by atoms with Gasteiger partial charge >= 0.3 is 0 Å². The zero-order valence-electron chi connectivity index (χ0n) is 18.5. The highest BCUT2D eigenvalue weighted by atomic mass is 35.5. The minimum Gasteiger partial charge on any atom is -0.471 e. The molecule has 1 aromatic carbocycles. The molecule has 11 heteroatoms. The Morgan fingerprint density at radius 3 is 2.69 bits per heavy atom. The zero-order chi connectivity index (χ0) is 24.4. The Hall–Kier alpha value is -3.42. The van der Waals surface area contributed by atoms with Crippen LogP contribution in [0, 0.1) is 11.3 Å². The van der Waals surface area contributed by atoms with Crippen LogP contribution in [0.25, 0.3) is 22.2 Å². The van der Waals surface area contributed by atoms with Crippen molar-refractivity contribution >= 4 is 39.9 Å². The summed E-state index contributed by atoms with van der Waals surface area (Å²) in [6.07, 6.45) is 5.48. The fourth-order valence-corrected chi connectivity index (χ4v) is 4.59. The van der Waals surface area contributed by atoms with E-state index in [0.29, 0.717) is 57.2 Å². The lowest BCUT2D eigenvalue weighted by molar-refractivity contribution is 0.0904. The molecule has 0 aliphatic carbocycles. The van der Waals surface area contributed by atoms with E-state index in [2.05, 4.69) is 31.6 Å². The summed E-state index contributed by atoms with van der Waals surface area (Å²) in [6.45, 7) is 1.40. The Balaban J connectivity index is 1.43. The largest absolute Gasteiger partial charge is 0.471 e. The van der Waals surface area contributed by atoms with E-state index >= 15 is 0 Å². The minimum atomic E-state index is -0.895. The SMILES string of the molecule is N#Cc1cc(-c2n[nH]c3ccc(O[C@H](N)c4c(Cl)cncc4Cl)cc23)cnc1NC1CCOCC1. The molecular formula is C24H21Cl2N7O2. The predicted molar refractivity (Wildman–Crippen MR) is 133 cm³/mol. The lowest BCUT2D eigenvalue weighted by Gasteiger charge is -2.24. The lowest BCUT2D eigenvalue weighted by Crippen LogP contribution is -2.28. The van der Waals surface area contributed by atoms with Gasteiger partial charge in [-0.15, -0.1) is 0 Å². The van der Waals surface area contributed by atoms with Crippen LogP contribution >= 0.6 is 23.2 Å². The van der Waals surface area contributed by atoms with Crippen molar-refractivity contribution in [2.75, 3.05) is 18.5 Å². The standard InChI is InChI=1S/C24H21Cl2N7O2/c25-18-11-29-12-19(26)21(18)23(28)35-16-1-2-20-17(8-16)22(33-32-20)14-7-13(9-27)24(30-10-14)31-15-3-5-34-6-4-15/h1-2,7-8,10-12,15,23H,3-6,28H2,(H,30,31)(H,32,33)/t23-/m0/s1. The topological polar surface area (TPSA) is 135 Å². The summed E-state index contributed by atoms with van der Waals surface area (Å²) in [7, 11) is 0. The van der Waals surface area contributed by atoms with Crippen LogP contribution in [0.3, 0.4) is 0 Å². The molecule has 178 valence electrons. The maximum atomic E-state index is 9.74. The van der Waals surface area contributed by atoms with E-state index in [4.69, 9.17) is 38.4 Å². The van der Waals surface area contributed by atoms with Crippen LogP contribution < -0.4 is 15.8 Å². The van der Waals surface area contributed by atoms with Crippen LogP contribution in [-0.2, 0) is 4.74 Å². The Bertz CT molecular complexity index is 1390. The molecule has 1 atom stereocenters. The first-order valence-electron chi connectivity index (χ1n) is 11.0. The third-order valence-corrected chi connectivity index (χ3v) is 6.42. The number of nitrogens with two attached hydrogens (primary N) is 1. The quantitative estimate of drug-likeness (QED) is 0.314. The molecule has 0 saturated carbocycles. The second-order valence-corrected chi connectivity index (χ2v) is 8.91. The molecule has 35 heavy (non-hydrogen) atoms. The van der Waals surface area contributed by atoms with Gasteiger partial charge in [-0.2, -0.15) is 10.4 Å². The number of ether oxygens (including phenoxy) is 2. The fraction of sp³-hybridized carbons (Fsp3) is 0.250. The number of hydrogen-bond acceptors (Lipinski definition) is 8. The normalized spacial score (nSPS) is 15.0. The van der Waals surface area contributed by atoms with Crippen molar-refractivity contribution in [1.29, 1.82) is 5.26 Å². The Kier molecular flexibility index (Phi) is 6.70. The number of aromatic nitrogens is 4. The number of nitrogens with zero attached hydrogens (tertiary/aromatic N) is 4. The van der Waals surface area contributed by atoms with Gasteiger partial charge in [0.05, 0.1) is 21.1 Å². The molecule has 4 heterocycles. The smallest absolute Gasteiger partial charge is 0.177 e. The molecule has 9 nitrogen and oxygen atoms in total. The average molecular weight is 510 g/mol. The molecule has 3 aromatic heterocycles. The molecule has 0 unspecified atom stereocenters. The first-order chi connectivity index (χ1) is 17.0. The van der Waals surface area contributed by atoms with Crippen molar-refractivity contribution in [1.82, 2.24) is 20.2 Å². The number of anilines is 1. The van der Waals surface area contributed by atoms with Gasteiger partial charge in [-0.05, 0) is 37.1 Å². The van der Waals surface area contributed by atoms with E-state index in [1.165, 1.54) is 12.4 Å². The summed E-state index contributed by atoms with van der Waals surface area (Å²) in [4.78, 5) is 8.46. The Labute approximate surface area is 211 Å². The van der Waals surface area contributed by atoms with Gasteiger partial charge in [0.25, 0.3) is 0 Å². The van der Waals surface area contributed by atoms with Crippen molar-refractivity contribution in [2.45, 2.75) is 25.1 Å². The van der Waals surface area contributed by atoms with Gasteiger partial charge in [-0.1, -0.05) is 23.2 Å². The highest BCUT2D eigenvalue weighted by Gasteiger charge is 2.19. The first kappa shape index (κ1) is 23.3. The van der Waals surface area contributed by atoms with Crippen molar-refractivity contribution < 1.29 is 9.47 Å². The van der Waals surface area contributed by atoms with Crippen LogP contribution in [0.5, 0.6) is 5.75 Å². The average Bonchev–Trinajstić information content (AvgIpc) is 3.28. The van der Waals surface area contributed by atoms with Crippen molar-refractivity contribution in [2.24, 2.45) is 5.73 Å². The summed E-state index contributed by atoms with van der Waals surface area (Å²) in [5.41, 5.74) is 9.26.